The van der Waals surface area contributed by atoms with Gasteiger partial charge < -0.3 is 9.84 Å². The quantitative estimate of drug-likeness (QED) is 0.544. The molecule has 0 spiro atoms. The Bertz CT molecular complexity index is 1000. The number of benzene rings is 2. The molecular weight excluding hydrogens is 420 g/mol. The first-order valence-corrected chi connectivity index (χ1v) is 11.5. The minimum absolute atomic E-state index is 0.0199. The van der Waals surface area contributed by atoms with E-state index in [0.717, 1.165) is 42.1 Å². The molecule has 1 aliphatic rings. The van der Waals surface area contributed by atoms with E-state index in [9.17, 15) is 4.79 Å². The maximum Gasteiger partial charge on any atom is 0.241 e. The summed E-state index contributed by atoms with van der Waals surface area (Å²) in [7, 11) is 0. The van der Waals surface area contributed by atoms with Crippen molar-refractivity contribution in [2.24, 2.45) is 5.92 Å². The number of hydrogen-bond donors (Lipinski definition) is 1. The normalized spacial score (nSPS) is 15.3. The summed E-state index contributed by atoms with van der Waals surface area (Å²) in [6.45, 7) is 2.23. The zero-order chi connectivity index (χ0) is 20.9. The van der Waals surface area contributed by atoms with Crippen LogP contribution in [0.1, 0.15) is 18.7 Å². The molecule has 0 unspecified atom stereocenters. The summed E-state index contributed by atoms with van der Waals surface area (Å²) in [5.74, 6) is 1.25. The molecule has 3 aromatic rings. The number of piperidine rings is 1. The van der Waals surface area contributed by atoms with Crippen molar-refractivity contribution >= 4 is 35.0 Å². The first-order chi connectivity index (χ1) is 14.6. The fourth-order valence-corrected chi connectivity index (χ4v) is 4.11. The Morgan fingerprint density at radius 2 is 2.00 bits per heavy atom. The van der Waals surface area contributed by atoms with Crippen LogP contribution in [0.4, 0.5) is 5.69 Å². The fourth-order valence-electron chi connectivity index (χ4n) is 3.53. The topological polar surface area (TPSA) is 71.3 Å². The number of likely N-dealkylation sites (tertiary alicyclic amines) is 1. The number of aromatic nitrogens is 2. The third-order valence-corrected chi connectivity index (χ3v) is 6.20. The molecular formula is C22H23ClN4O2S. The lowest BCUT2D eigenvalue weighted by Gasteiger charge is -2.30. The Morgan fingerprint density at radius 1 is 1.23 bits per heavy atom. The highest BCUT2D eigenvalue weighted by atomic mass is 35.5. The van der Waals surface area contributed by atoms with Gasteiger partial charge in [-0.2, -0.15) is 4.98 Å². The smallest absolute Gasteiger partial charge is 0.241 e. The Morgan fingerprint density at radius 3 is 2.73 bits per heavy atom. The maximum absolute atomic E-state index is 12.6. The lowest BCUT2D eigenvalue weighted by molar-refractivity contribution is -0.121. The molecule has 6 nitrogen and oxygen atoms in total. The lowest BCUT2D eigenvalue weighted by Crippen LogP contribution is -2.37. The second kappa shape index (κ2) is 9.64. The molecule has 0 aliphatic carbocycles. The number of carbonyl (C=O) groups is 1. The monoisotopic (exact) mass is 442 g/mol. The number of thioether (sulfide) groups is 1. The zero-order valence-electron chi connectivity index (χ0n) is 16.7. The van der Waals surface area contributed by atoms with Gasteiger partial charge >= 0.3 is 0 Å². The summed E-state index contributed by atoms with van der Waals surface area (Å²) in [6, 6.07) is 15.3. The van der Waals surface area contributed by atoms with Crippen LogP contribution in [0.2, 0.25) is 5.02 Å². The van der Waals surface area contributed by atoms with Crippen molar-refractivity contribution in [1.29, 1.82) is 0 Å². The molecule has 1 N–H and O–H groups in total. The van der Waals surface area contributed by atoms with E-state index < -0.39 is 0 Å². The molecule has 0 radical (unpaired) electrons. The molecule has 0 saturated carbocycles. The average molecular weight is 443 g/mol. The SMILES string of the molecule is CSc1cccc(NC(=O)C2CCN(Cc3nc(-c4ccc(Cl)cc4)no3)CC2)c1. The van der Waals surface area contributed by atoms with Gasteiger partial charge in [0, 0.05) is 27.1 Å². The predicted octanol–water partition coefficient (Wildman–Crippen LogP) is 4.96. The van der Waals surface area contributed by atoms with Crippen molar-refractivity contribution in [2.45, 2.75) is 24.3 Å². The molecule has 30 heavy (non-hydrogen) atoms. The molecule has 2 aromatic carbocycles. The van der Waals surface area contributed by atoms with Gasteiger partial charge in [0.1, 0.15) is 0 Å². The summed E-state index contributed by atoms with van der Waals surface area (Å²) >= 11 is 7.59. The van der Waals surface area contributed by atoms with Crippen molar-refractivity contribution in [3.05, 3.63) is 59.4 Å². The number of nitrogens with one attached hydrogen (secondary N) is 1. The second-order valence-corrected chi connectivity index (χ2v) is 8.61. The highest BCUT2D eigenvalue weighted by Crippen LogP contribution is 2.24. The van der Waals surface area contributed by atoms with Crippen LogP contribution in [-0.2, 0) is 11.3 Å². The molecule has 1 amide bonds. The van der Waals surface area contributed by atoms with Crippen molar-refractivity contribution < 1.29 is 9.32 Å². The van der Waals surface area contributed by atoms with Gasteiger partial charge in [-0.25, -0.2) is 0 Å². The molecule has 1 aliphatic heterocycles. The van der Waals surface area contributed by atoms with Gasteiger partial charge in [0.25, 0.3) is 0 Å². The standard InChI is InChI=1S/C22H23ClN4O2S/c1-30-19-4-2-3-18(13-19)24-22(28)16-9-11-27(12-10-16)14-20-25-21(26-29-20)15-5-7-17(23)8-6-15/h2-8,13,16H,9-12,14H2,1H3,(H,24,28). The van der Waals surface area contributed by atoms with Crippen molar-refractivity contribution in [2.75, 3.05) is 24.7 Å². The zero-order valence-corrected chi connectivity index (χ0v) is 18.2. The first-order valence-electron chi connectivity index (χ1n) is 9.86. The molecule has 1 saturated heterocycles. The average Bonchev–Trinajstić information content (AvgIpc) is 3.23. The van der Waals surface area contributed by atoms with Crippen LogP contribution >= 0.6 is 23.4 Å². The van der Waals surface area contributed by atoms with E-state index in [-0.39, 0.29) is 11.8 Å². The summed E-state index contributed by atoms with van der Waals surface area (Å²) in [5, 5.41) is 7.79. The van der Waals surface area contributed by atoms with Gasteiger partial charge in [0.15, 0.2) is 0 Å². The van der Waals surface area contributed by atoms with Gasteiger partial charge in [-0.3, -0.25) is 9.69 Å². The molecule has 2 heterocycles. The second-order valence-electron chi connectivity index (χ2n) is 7.29. The van der Waals surface area contributed by atoms with E-state index in [1.165, 1.54) is 0 Å². The van der Waals surface area contributed by atoms with Gasteiger partial charge in [-0.1, -0.05) is 22.8 Å². The maximum atomic E-state index is 12.6. The minimum Gasteiger partial charge on any atom is -0.338 e. The van der Waals surface area contributed by atoms with Crippen LogP contribution in [0.15, 0.2) is 57.9 Å². The molecule has 156 valence electrons. The minimum atomic E-state index is 0.0199. The van der Waals surface area contributed by atoms with E-state index in [1.807, 2.05) is 42.7 Å². The van der Waals surface area contributed by atoms with Gasteiger partial charge in [0.2, 0.25) is 17.6 Å². The highest BCUT2D eigenvalue weighted by Gasteiger charge is 2.26. The molecule has 4 rings (SSSR count). The predicted molar refractivity (Wildman–Crippen MR) is 120 cm³/mol. The summed E-state index contributed by atoms with van der Waals surface area (Å²) in [6.07, 6.45) is 3.65. The van der Waals surface area contributed by atoms with Crippen molar-refractivity contribution in [3.63, 3.8) is 0 Å². The van der Waals surface area contributed by atoms with Gasteiger partial charge in [0.05, 0.1) is 6.54 Å². The van der Waals surface area contributed by atoms with E-state index >= 15 is 0 Å². The van der Waals surface area contributed by atoms with Crippen LogP contribution in [0.3, 0.4) is 0 Å². The third kappa shape index (κ3) is 5.22. The number of anilines is 1. The third-order valence-electron chi connectivity index (χ3n) is 5.23. The number of amides is 1. The Hall–Kier alpha value is -2.35. The number of nitrogens with zero attached hydrogens (tertiary/aromatic N) is 3. The first kappa shape index (κ1) is 20.9. The van der Waals surface area contributed by atoms with E-state index in [1.54, 1.807) is 23.9 Å². The highest BCUT2D eigenvalue weighted by molar-refractivity contribution is 7.98. The van der Waals surface area contributed by atoms with Gasteiger partial charge in [-0.15, -0.1) is 11.8 Å². The van der Waals surface area contributed by atoms with Crippen LogP contribution in [-0.4, -0.2) is 40.3 Å². The van der Waals surface area contributed by atoms with Crippen molar-refractivity contribution in [1.82, 2.24) is 15.0 Å². The number of rotatable bonds is 6. The molecule has 0 atom stereocenters. The fraction of sp³-hybridized carbons (Fsp3) is 0.318. The van der Waals surface area contributed by atoms with E-state index in [2.05, 4.69) is 20.4 Å². The van der Waals surface area contributed by atoms with Gasteiger partial charge in [-0.05, 0) is 74.7 Å². The van der Waals surface area contributed by atoms with E-state index in [4.69, 9.17) is 16.1 Å². The molecule has 1 fully saturated rings. The largest absolute Gasteiger partial charge is 0.338 e. The molecule has 0 bridgehead atoms. The van der Waals surface area contributed by atoms with Crippen LogP contribution in [0.25, 0.3) is 11.4 Å². The van der Waals surface area contributed by atoms with E-state index in [0.29, 0.717) is 23.3 Å². The Kier molecular flexibility index (Phi) is 6.72. The van der Waals surface area contributed by atoms with Crippen LogP contribution in [0, 0.1) is 5.92 Å². The summed E-state index contributed by atoms with van der Waals surface area (Å²) in [5.41, 5.74) is 1.73. The summed E-state index contributed by atoms with van der Waals surface area (Å²) in [4.78, 5) is 20.5. The molecule has 8 heteroatoms. The Labute approximate surface area is 185 Å². The number of hydrogen-bond acceptors (Lipinski definition) is 6. The number of halogens is 1. The van der Waals surface area contributed by atoms with Crippen LogP contribution < -0.4 is 5.32 Å². The number of carbonyl (C=O) groups excluding carboxylic acids is 1. The summed E-state index contributed by atoms with van der Waals surface area (Å²) < 4.78 is 5.41. The van der Waals surface area contributed by atoms with Crippen molar-refractivity contribution in [3.8, 4) is 11.4 Å². The lowest BCUT2D eigenvalue weighted by atomic mass is 9.96. The van der Waals surface area contributed by atoms with Crippen LogP contribution in [0.5, 0.6) is 0 Å². The molecule has 1 aromatic heterocycles. The Balaban J connectivity index is 1.28.